The van der Waals surface area contributed by atoms with Crippen LogP contribution in [0.15, 0.2) is 41.4 Å². The second-order valence-electron chi connectivity index (χ2n) is 6.29. The summed E-state index contributed by atoms with van der Waals surface area (Å²) in [5.41, 5.74) is 2.43. The van der Waals surface area contributed by atoms with Crippen molar-refractivity contribution in [3.8, 4) is 0 Å². The third-order valence-corrected chi connectivity index (χ3v) is 4.97. The van der Waals surface area contributed by atoms with Crippen molar-refractivity contribution in [2.75, 3.05) is 27.2 Å². The molecule has 27 heavy (non-hydrogen) atoms. The van der Waals surface area contributed by atoms with E-state index in [1.165, 1.54) is 16.9 Å². The van der Waals surface area contributed by atoms with Gasteiger partial charge in [-0.1, -0.05) is 35.9 Å². The molecule has 0 saturated heterocycles. The second-order valence-corrected chi connectivity index (χ2v) is 8.04. The Kier molecular flexibility index (Phi) is 11.2. The van der Waals surface area contributed by atoms with Gasteiger partial charge in [-0.15, -0.1) is 35.3 Å². The van der Waals surface area contributed by atoms with E-state index in [-0.39, 0.29) is 24.0 Å². The first-order chi connectivity index (χ1) is 12.5. The summed E-state index contributed by atoms with van der Waals surface area (Å²) in [4.78, 5) is 7.61. The molecule has 1 unspecified atom stereocenters. The standard InChI is InChI=1S/C19H27ClN4OS.HI/c1-4-21-19(23-12-16(25)17-8-9-18(20)26-17)22-11-14-6-5-7-15(10-14)13-24(2)3;/h5-10,16,25H,4,11-13H2,1-3H3,(H2,21,22,23);1H. The molecular formula is C19H28ClIN4OS. The highest BCUT2D eigenvalue weighted by molar-refractivity contribution is 14.0. The molecule has 5 nitrogen and oxygen atoms in total. The molecule has 1 heterocycles. The number of halogens is 2. The van der Waals surface area contributed by atoms with E-state index in [1.807, 2.05) is 13.0 Å². The average molecular weight is 523 g/mol. The zero-order chi connectivity index (χ0) is 18.9. The van der Waals surface area contributed by atoms with Gasteiger partial charge in [0, 0.05) is 24.5 Å². The second kappa shape index (κ2) is 12.6. The number of nitrogens with zero attached hydrogens (tertiary/aromatic N) is 2. The summed E-state index contributed by atoms with van der Waals surface area (Å²) < 4.78 is 0.678. The lowest BCUT2D eigenvalue weighted by Crippen LogP contribution is -2.39. The van der Waals surface area contributed by atoms with Gasteiger partial charge in [0.05, 0.1) is 10.9 Å². The highest BCUT2D eigenvalue weighted by Gasteiger charge is 2.11. The molecule has 150 valence electrons. The quantitative estimate of drug-likeness (QED) is 0.280. The molecule has 0 saturated carbocycles. The number of aliphatic hydroxyl groups is 1. The largest absolute Gasteiger partial charge is 0.386 e. The number of hydrogen-bond acceptors (Lipinski definition) is 4. The van der Waals surface area contributed by atoms with Crippen molar-refractivity contribution in [2.45, 2.75) is 26.1 Å². The normalized spacial score (nSPS) is 12.6. The first kappa shape index (κ1) is 24.2. The Hall–Kier alpha value is -0.870. The maximum absolute atomic E-state index is 10.3. The number of rotatable bonds is 8. The van der Waals surface area contributed by atoms with Gasteiger partial charge in [-0.05, 0) is 44.3 Å². The van der Waals surface area contributed by atoms with Crippen LogP contribution in [-0.4, -0.2) is 43.2 Å². The Morgan fingerprint density at radius 1 is 1.22 bits per heavy atom. The van der Waals surface area contributed by atoms with Crippen LogP contribution in [0.4, 0.5) is 0 Å². The highest BCUT2D eigenvalue weighted by atomic mass is 127. The fraction of sp³-hybridized carbons (Fsp3) is 0.421. The van der Waals surface area contributed by atoms with Crippen LogP contribution in [0.25, 0.3) is 0 Å². The average Bonchev–Trinajstić information content (AvgIpc) is 3.03. The molecule has 1 aromatic carbocycles. The van der Waals surface area contributed by atoms with E-state index in [0.717, 1.165) is 23.5 Å². The van der Waals surface area contributed by atoms with Gasteiger partial charge in [0.25, 0.3) is 0 Å². The van der Waals surface area contributed by atoms with E-state index in [0.29, 0.717) is 23.4 Å². The van der Waals surface area contributed by atoms with Gasteiger partial charge in [0.15, 0.2) is 5.96 Å². The molecule has 0 amide bonds. The first-order valence-electron chi connectivity index (χ1n) is 8.66. The minimum absolute atomic E-state index is 0. The third-order valence-electron chi connectivity index (χ3n) is 3.64. The van der Waals surface area contributed by atoms with Crippen LogP contribution in [0.5, 0.6) is 0 Å². The maximum Gasteiger partial charge on any atom is 0.191 e. The van der Waals surface area contributed by atoms with Crippen molar-refractivity contribution in [3.05, 3.63) is 56.7 Å². The molecule has 2 rings (SSSR count). The molecule has 2 aromatic rings. The Labute approximate surface area is 187 Å². The summed E-state index contributed by atoms with van der Waals surface area (Å²) in [5, 5.41) is 16.7. The number of aliphatic hydroxyl groups excluding tert-OH is 1. The predicted octanol–water partition coefficient (Wildman–Crippen LogP) is 3.87. The van der Waals surface area contributed by atoms with Gasteiger partial charge in [-0.25, -0.2) is 4.99 Å². The summed E-state index contributed by atoms with van der Waals surface area (Å²) in [7, 11) is 4.12. The van der Waals surface area contributed by atoms with Crippen molar-refractivity contribution in [2.24, 2.45) is 4.99 Å². The van der Waals surface area contributed by atoms with Crippen LogP contribution >= 0.6 is 46.9 Å². The van der Waals surface area contributed by atoms with Crippen molar-refractivity contribution >= 4 is 52.9 Å². The number of nitrogens with one attached hydrogen (secondary N) is 2. The molecule has 0 bridgehead atoms. The Morgan fingerprint density at radius 3 is 2.59 bits per heavy atom. The Morgan fingerprint density at radius 2 is 1.96 bits per heavy atom. The van der Waals surface area contributed by atoms with E-state index in [1.54, 1.807) is 6.07 Å². The van der Waals surface area contributed by atoms with Crippen molar-refractivity contribution < 1.29 is 5.11 Å². The van der Waals surface area contributed by atoms with Crippen LogP contribution in [0.3, 0.4) is 0 Å². The van der Waals surface area contributed by atoms with E-state index in [9.17, 15) is 5.11 Å². The van der Waals surface area contributed by atoms with Gasteiger partial charge in [-0.3, -0.25) is 0 Å². The Bertz CT molecular complexity index is 723. The fourth-order valence-electron chi connectivity index (χ4n) is 2.50. The molecule has 0 aliphatic heterocycles. The number of benzene rings is 1. The number of hydrogen-bond donors (Lipinski definition) is 3. The molecule has 0 spiro atoms. The third kappa shape index (κ3) is 8.78. The lowest BCUT2D eigenvalue weighted by atomic mass is 10.1. The van der Waals surface area contributed by atoms with Gasteiger partial charge in [0.1, 0.15) is 6.10 Å². The van der Waals surface area contributed by atoms with Gasteiger partial charge in [-0.2, -0.15) is 0 Å². The smallest absolute Gasteiger partial charge is 0.191 e. The molecule has 0 fully saturated rings. The molecule has 0 aliphatic carbocycles. The van der Waals surface area contributed by atoms with E-state index < -0.39 is 6.10 Å². The first-order valence-corrected chi connectivity index (χ1v) is 9.85. The number of guanidine groups is 1. The number of aliphatic imine (C=N–C) groups is 1. The van der Waals surface area contributed by atoms with Gasteiger partial charge < -0.3 is 20.6 Å². The molecule has 1 aromatic heterocycles. The zero-order valence-corrected chi connectivity index (χ0v) is 19.8. The van der Waals surface area contributed by atoms with Crippen molar-refractivity contribution in [3.63, 3.8) is 0 Å². The van der Waals surface area contributed by atoms with Crippen LogP contribution < -0.4 is 10.6 Å². The van der Waals surface area contributed by atoms with Crippen LogP contribution in [0, 0.1) is 0 Å². The summed E-state index contributed by atoms with van der Waals surface area (Å²) in [5.74, 6) is 0.687. The van der Waals surface area contributed by atoms with Crippen molar-refractivity contribution in [1.29, 1.82) is 0 Å². The monoisotopic (exact) mass is 522 g/mol. The molecule has 8 heteroatoms. The van der Waals surface area contributed by atoms with Gasteiger partial charge in [0.2, 0.25) is 0 Å². The lowest BCUT2D eigenvalue weighted by molar-refractivity contribution is 0.184. The summed E-state index contributed by atoms with van der Waals surface area (Å²) in [6.07, 6.45) is -0.611. The lowest BCUT2D eigenvalue weighted by Gasteiger charge is -2.14. The van der Waals surface area contributed by atoms with Crippen molar-refractivity contribution in [1.82, 2.24) is 15.5 Å². The van der Waals surface area contributed by atoms with E-state index >= 15 is 0 Å². The zero-order valence-electron chi connectivity index (χ0n) is 15.9. The van der Waals surface area contributed by atoms with E-state index in [2.05, 4.69) is 58.9 Å². The highest BCUT2D eigenvalue weighted by Crippen LogP contribution is 2.26. The fourth-order valence-corrected chi connectivity index (χ4v) is 3.55. The molecule has 1 atom stereocenters. The van der Waals surface area contributed by atoms with E-state index in [4.69, 9.17) is 11.6 Å². The SMILES string of the molecule is CCNC(=NCc1cccc(CN(C)C)c1)NCC(O)c1ccc(Cl)s1.I. The maximum atomic E-state index is 10.3. The van der Waals surface area contributed by atoms with Crippen LogP contribution in [0.1, 0.15) is 29.0 Å². The minimum Gasteiger partial charge on any atom is -0.386 e. The predicted molar refractivity (Wildman–Crippen MR) is 126 cm³/mol. The topological polar surface area (TPSA) is 59.9 Å². The van der Waals surface area contributed by atoms with Crippen LogP contribution in [-0.2, 0) is 13.1 Å². The number of thiophene rings is 1. The molecular weight excluding hydrogens is 495 g/mol. The summed E-state index contributed by atoms with van der Waals surface area (Å²) in [6, 6.07) is 12.1. The summed E-state index contributed by atoms with van der Waals surface area (Å²) >= 11 is 7.32. The molecule has 0 radical (unpaired) electrons. The van der Waals surface area contributed by atoms with Crippen LogP contribution in [0.2, 0.25) is 4.34 Å². The van der Waals surface area contributed by atoms with Gasteiger partial charge >= 0.3 is 0 Å². The summed E-state index contributed by atoms with van der Waals surface area (Å²) in [6.45, 7) is 4.64. The molecule has 3 N–H and O–H groups in total. The Balaban J connectivity index is 0.00000364. The minimum atomic E-state index is -0.611. The molecule has 0 aliphatic rings.